The highest BCUT2D eigenvalue weighted by atomic mass is 32.1. The van der Waals surface area contributed by atoms with Gasteiger partial charge in [0.2, 0.25) is 0 Å². The van der Waals surface area contributed by atoms with E-state index in [0.717, 1.165) is 29.7 Å². The molecule has 3 atom stereocenters. The zero-order chi connectivity index (χ0) is 15.7. The van der Waals surface area contributed by atoms with Crippen molar-refractivity contribution in [3.63, 3.8) is 0 Å². The molecule has 2 aliphatic carbocycles. The third-order valence-corrected chi connectivity index (χ3v) is 5.73. The zero-order valence-corrected chi connectivity index (χ0v) is 12.7. The number of fused-ring (bicyclic) bond motifs is 1. The van der Waals surface area contributed by atoms with Crippen molar-refractivity contribution in [3.05, 3.63) is 34.0 Å². The molecule has 1 saturated carbocycles. The van der Waals surface area contributed by atoms with E-state index in [1.165, 1.54) is 11.3 Å². The summed E-state index contributed by atoms with van der Waals surface area (Å²) in [5.41, 5.74) is -0.647. The molecular formula is C17H14N4S. The van der Waals surface area contributed by atoms with E-state index in [2.05, 4.69) is 24.3 Å². The van der Waals surface area contributed by atoms with E-state index in [4.69, 9.17) is 5.41 Å². The van der Waals surface area contributed by atoms with Gasteiger partial charge in [0.1, 0.15) is 5.92 Å². The lowest BCUT2D eigenvalue weighted by atomic mass is 9.54. The van der Waals surface area contributed by atoms with E-state index in [-0.39, 0.29) is 17.5 Å². The van der Waals surface area contributed by atoms with E-state index >= 15 is 0 Å². The Kier molecular flexibility index (Phi) is 3.57. The summed E-state index contributed by atoms with van der Waals surface area (Å²) in [6.45, 7) is 0. The van der Waals surface area contributed by atoms with Gasteiger partial charge >= 0.3 is 0 Å². The molecule has 22 heavy (non-hydrogen) atoms. The van der Waals surface area contributed by atoms with Crippen molar-refractivity contribution >= 4 is 17.0 Å². The number of nitrogens with one attached hydrogen (secondary N) is 1. The van der Waals surface area contributed by atoms with Gasteiger partial charge in [-0.1, -0.05) is 12.1 Å². The highest BCUT2D eigenvalue weighted by Gasteiger charge is 2.57. The summed E-state index contributed by atoms with van der Waals surface area (Å²) in [7, 11) is 0. The van der Waals surface area contributed by atoms with Crippen molar-refractivity contribution in [3.8, 4) is 18.2 Å². The molecule has 3 rings (SSSR count). The summed E-state index contributed by atoms with van der Waals surface area (Å²) in [5, 5.41) is 39.3. The molecule has 1 fully saturated rings. The minimum atomic E-state index is -1.54. The quantitative estimate of drug-likeness (QED) is 0.800. The Labute approximate surface area is 133 Å². The molecule has 4 nitrogen and oxygen atoms in total. The van der Waals surface area contributed by atoms with Crippen LogP contribution in [0.2, 0.25) is 0 Å². The van der Waals surface area contributed by atoms with Crippen molar-refractivity contribution in [1.29, 1.82) is 21.2 Å². The monoisotopic (exact) mass is 306 g/mol. The molecule has 1 aromatic heterocycles. The first-order valence-corrected chi connectivity index (χ1v) is 8.12. The average Bonchev–Trinajstić information content (AvgIpc) is 3.08. The average molecular weight is 306 g/mol. The number of hydrogen-bond acceptors (Lipinski definition) is 5. The second-order valence-electron chi connectivity index (χ2n) is 5.74. The van der Waals surface area contributed by atoms with Crippen LogP contribution in [0.15, 0.2) is 29.2 Å². The molecule has 0 unspecified atom stereocenters. The normalized spacial score (nSPS) is 29.4. The fraction of sp³-hybridized carbons (Fsp3) is 0.412. The Morgan fingerprint density at radius 1 is 1.27 bits per heavy atom. The molecule has 5 heteroatoms. The van der Waals surface area contributed by atoms with Gasteiger partial charge < -0.3 is 5.41 Å². The van der Waals surface area contributed by atoms with Crippen LogP contribution in [-0.2, 0) is 0 Å². The van der Waals surface area contributed by atoms with E-state index in [1.54, 1.807) is 0 Å². The minimum absolute atomic E-state index is 0.00505. The molecular weight excluding hydrogens is 292 g/mol. The molecule has 1 N–H and O–H groups in total. The number of nitriles is 3. The lowest BCUT2D eigenvalue weighted by molar-refractivity contribution is 0.324. The molecule has 0 saturated heterocycles. The number of rotatable bonds is 1. The van der Waals surface area contributed by atoms with Crippen molar-refractivity contribution in [2.75, 3.05) is 0 Å². The molecule has 2 aliphatic rings. The first kappa shape index (κ1) is 14.5. The lowest BCUT2D eigenvalue weighted by Gasteiger charge is -2.45. The van der Waals surface area contributed by atoms with Crippen LogP contribution in [0.4, 0.5) is 0 Å². The van der Waals surface area contributed by atoms with Crippen molar-refractivity contribution < 1.29 is 0 Å². The summed E-state index contributed by atoms with van der Waals surface area (Å²) < 4.78 is 0. The van der Waals surface area contributed by atoms with Gasteiger partial charge in [-0.05, 0) is 42.2 Å². The van der Waals surface area contributed by atoms with Gasteiger partial charge in [0.15, 0.2) is 5.41 Å². The fourth-order valence-corrected chi connectivity index (χ4v) is 4.74. The van der Waals surface area contributed by atoms with E-state index in [0.29, 0.717) is 0 Å². The lowest BCUT2D eigenvalue weighted by Crippen LogP contribution is -2.48. The Morgan fingerprint density at radius 2 is 2.05 bits per heavy atom. The minimum Gasteiger partial charge on any atom is -0.305 e. The number of nitrogens with zero attached hydrogens (tertiary/aromatic N) is 3. The molecule has 0 amide bonds. The molecule has 0 aliphatic heterocycles. The summed E-state index contributed by atoms with van der Waals surface area (Å²) in [6, 6.07) is 10.2. The van der Waals surface area contributed by atoms with Crippen LogP contribution in [0.1, 0.15) is 30.1 Å². The van der Waals surface area contributed by atoms with Crippen molar-refractivity contribution in [1.82, 2.24) is 0 Å². The molecule has 0 radical (unpaired) electrons. The zero-order valence-electron chi connectivity index (χ0n) is 11.9. The van der Waals surface area contributed by atoms with Crippen molar-refractivity contribution in [2.24, 2.45) is 17.3 Å². The van der Waals surface area contributed by atoms with Gasteiger partial charge in [0.05, 0.1) is 23.9 Å². The van der Waals surface area contributed by atoms with Gasteiger partial charge in [0.25, 0.3) is 0 Å². The maximum absolute atomic E-state index is 9.75. The molecule has 0 spiro atoms. The summed E-state index contributed by atoms with van der Waals surface area (Å²) in [5.74, 6) is -1.07. The van der Waals surface area contributed by atoms with Crippen LogP contribution in [0, 0.1) is 56.7 Å². The van der Waals surface area contributed by atoms with Crippen LogP contribution < -0.4 is 0 Å². The van der Waals surface area contributed by atoms with Crippen LogP contribution >= 0.6 is 11.3 Å². The SMILES string of the molecule is N#C[C@H]1C(=N)C(C#N)(C#N)[C@@H](c2cccs2)[C@@H]2CCCC=C12. The highest BCUT2D eigenvalue weighted by molar-refractivity contribution is 7.10. The number of hydrogen-bond donors (Lipinski definition) is 1. The maximum Gasteiger partial charge on any atom is 0.190 e. The Bertz CT molecular complexity index is 740. The molecule has 0 bridgehead atoms. The summed E-state index contributed by atoms with van der Waals surface area (Å²) in [6.07, 6.45) is 4.82. The third kappa shape index (κ3) is 1.82. The standard InChI is InChI=1S/C17H14N4S/c18-8-13-11-4-1-2-5-12(11)15(14-6-3-7-22-14)17(9-19,10-20)16(13)21/h3-4,6-7,12-13,15,21H,1-2,5H2/t12-,13-,15-/m1/s1. The maximum atomic E-state index is 9.75. The first-order valence-electron chi connectivity index (χ1n) is 7.24. The van der Waals surface area contributed by atoms with Gasteiger partial charge in [-0.2, -0.15) is 15.8 Å². The summed E-state index contributed by atoms with van der Waals surface area (Å²) >= 11 is 1.52. The largest absolute Gasteiger partial charge is 0.305 e. The Hall–Kier alpha value is -2.42. The van der Waals surface area contributed by atoms with Crippen LogP contribution in [0.5, 0.6) is 0 Å². The Morgan fingerprint density at radius 3 is 2.64 bits per heavy atom. The van der Waals surface area contributed by atoms with Gasteiger partial charge in [-0.15, -0.1) is 11.3 Å². The molecule has 0 aromatic carbocycles. The predicted octanol–water partition coefficient (Wildman–Crippen LogP) is 3.76. The van der Waals surface area contributed by atoms with E-state index in [1.807, 2.05) is 17.5 Å². The van der Waals surface area contributed by atoms with Crippen LogP contribution in [0.25, 0.3) is 0 Å². The van der Waals surface area contributed by atoms with Crippen LogP contribution in [0.3, 0.4) is 0 Å². The second-order valence-corrected chi connectivity index (χ2v) is 6.72. The molecule has 1 heterocycles. The number of allylic oxidation sites excluding steroid dienone is 2. The van der Waals surface area contributed by atoms with Crippen molar-refractivity contribution in [2.45, 2.75) is 25.2 Å². The third-order valence-electron chi connectivity index (χ3n) is 4.77. The summed E-state index contributed by atoms with van der Waals surface area (Å²) in [4.78, 5) is 0.960. The van der Waals surface area contributed by atoms with Crippen LogP contribution in [-0.4, -0.2) is 5.71 Å². The molecule has 108 valence electrons. The first-order chi connectivity index (χ1) is 10.7. The fourth-order valence-electron chi connectivity index (χ4n) is 3.78. The topological polar surface area (TPSA) is 95.2 Å². The highest BCUT2D eigenvalue weighted by Crippen LogP contribution is 2.55. The van der Waals surface area contributed by atoms with E-state index < -0.39 is 11.3 Å². The second kappa shape index (κ2) is 5.41. The molecule has 1 aromatic rings. The number of thiophene rings is 1. The Balaban J connectivity index is 2.25. The van der Waals surface area contributed by atoms with E-state index in [9.17, 15) is 15.8 Å². The van der Waals surface area contributed by atoms with Gasteiger partial charge in [0, 0.05) is 10.8 Å². The van der Waals surface area contributed by atoms with Gasteiger partial charge in [-0.25, -0.2) is 0 Å². The predicted molar refractivity (Wildman–Crippen MR) is 83.0 cm³/mol. The van der Waals surface area contributed by atoms with Gasteiger partial charge in [-0.3, -0.25) is 0 Å². The smallest absolute Gasteiger partial charge is 0.190 e.